The van der Waals surface area contributed by atoms with Gasteiger partial charge < -0.3 is 10.3 Å². The molecule has 1 aromatic heterocycles. The molecule has 2 N–H and O–H groups in total. The second-order valence-electron chi connectivity index (χ2n) is 3.60. The third kappa shape index (κ3) is 2.36. The molecule has 1 heterocycles. The van der Waals surface area contributed by atoms with Crippen molar-refractivity contribution in [3.63, 3.8) is 0 Å². The van der Waals surface area contributed by atoms with Crippen molar-refractivity contribution in [2.24, 2.45) is 5.73 Å². The molecule has 0 saturated carbocycles. The molecule has 0 bridgehead atoms. The topological polar surface area (TPSA) is 64.9 Å². The Morgan fingerprint density at radius 1 is 1.39 bits per heavy atom. The van der Waals surface area contributed by atoms with Crippen molar-refractivity contribution in [2.75, 3.05) is 0 Å². The minimum atomic E-state index is -0.980. The predicted molar refractivity (Wildman–Crippen MR) is 60.0 cm³/mol. The lowest BCUT2D eigenvalue weighted by molar-refractivity contribution is 0.357. The van der Waals surface area contributed by atoms with E-state index in [1.54, 1.807) is 0 Å². The Morgan fingerprint density at radius 2 is 2.17 bits per heavy atom. The molecule has 0 saturated heterocycles. The lowest BCUT2D eigenvalue weighted by atomic mass is 10.2. The van der Waals surface area contributed by atoms with E-state index in [4.69, 9.17) is 16.7 Å². The number of benzene rings is 1. The fourth-order valence-corrected chi connectivity index (χ4v) is 1.35. The summed E-state index contributed by atoms with van der Waals surface area (Å²) in [6, 6.07) is 2.75. The highest BCUT2D eigenvalue weighted by Gasteiger charge is 2.15. The van der Waals surface area contributed by atoms with E-state index in [2.05, 4.69) is 16.1 Å². The van der Waals surface area contributed by atoms with Gasteiger partial charge in [0.15, 0.2) is 11.6 Å². The average Bonchev–Trinajstić information content (AvgIpc) is 2.82. The minimum Gasteiger partial charge on any atom is -0.337 e. The van der Waals surface area contributed by atoms with Gasteiger partial charge >= 0.3 is 0 Å². The van der Waals surface area contributed by atoms with Crippen molar-refractivity contribution in [3.8, 4) is 23.7 Å². The van der Waals surface area contributed by atoms with Crippen molar-refractivity contribution in [1.82, 2.24) is 10.1 Å². The Bertz CT molecular complexity index is 604. The van der Waals surface area contributed by atoms with E-state index in [9.17, 15) is 8.78 Å². The molecule has 0 radical (unpaired) electrons. The monoisotopic (exact) mass is 249 g/mol. The molecule has 2 aromatic rings. The van der Waals surface area contributed by atoms with E-state index in [1.807, 2.05) is 0 Å². The van der Waals surface area contributed by atoms with Gasteiger partial charge in [-0.3, -0.25) is 0 Å². The molecular weight excluding hydrogens is 240 g/mol. The summed E-state index contributed by atoms with van der Waals surface area (Å²) in [4.78, 5) is 3.98. The van der Waals surface area contributed by atoms with E-state index in [0.717, 1.165) is 12.1 Å². The molecule has 1 aromatic carbocycles. The zero-order chi connectivity index (χ0) is 13.1. The van der Waals surface area contributed by atoms with Gasteiger partial charge in [0, 0.05) is 12.0 Å². The molecule has 0 amide bonds. The van der Waals surface area contributed by atoms with Gasteiger partial charge in [-0.1, -0.05) is 5.16 Å². The Labute approximate surface area is 102 Å². The maximum atomic E-state index is 13.0. The Hall–Kier alpha value is -2.26. The fourth-order valence-electron chi connectivity index (χ4n) is 1.35. The zero-order valence-electron chi connectivity index (χ0n) is 9.23. The molecule has 0 aliphatic rings. The second-order valence-corrected chi connectivity index (χ2v) is 3.60. The lowest BCUT2D eigenvalue weighted by Crippen LogP contribution is -2.09. The summed E-state index contributed by atoms with van der Waals surface area (Å²) >= 11 is 0. The van der Waals surface area contributed by atoms with E-state index in [-0.39, 0.29) is 18.1 Å². The fraction of sp³-hybridized carbons (Fsp3) is 0.167. The van der Waals surface area contributed by atoms with Crippen LogP contribution in [0.4, 0.5) is 8.78 Å². The van der Waals surface area contributed by atoms with Gasteiger partial charge in [-0.05, 0) is 18.2 Å². The Balaban J connectivity index is 2.29. The van der Waals surface area contributed by atoms with Gasteiger partial charge in [0.25, 0.3) is 0 Å². The molecule has 18 heavy (non-hydrogen) atoms. The first kappa shape index (κ1) is 12.2. The highest BCUT2D eigenvalue weighted by Crippen LogP contribution is 2.20. The number of hydrogen-bond donors (Lipinski definition) is 1. The number of terminal acetylenes is 1. The van der Waals surface area contributed by atoms with Gasteiger partial charge in [-0.15, -0.1) is 12.3 Å². The first-order valence-electron chi connectivity index (χ1n) is 5.10. The molecule has 2 rings (SSSR count). The van der Waals surface area contributed by atoms with Gasteiger partial charge in [0.2, 0.25) is 11.7 Å². The van der Waals surface area contributed by atoms with E-state index in [0.29, 0.717) is 5.56 Å². The number of nitrogens with two attached hydrogens (primary N) is 1. The molecule has 6 heteroatoms. The van der Waals surface area contributed by atoms with Crippen molar-refractivity contribution in [2.45, 2.75) is 12.5 Å². The third-order valence-electron chi connectivity index (χ3n) is 2.27. The summed E-state index contributed by atoms with van der Waals surface area (Å²) in [5.41, 5.74) is 5.98. The van der Waals surface area contributed by atoms with Crippen LogP contribution in [0.25, 0.3) is 11.4 Å². The first-order chi connectivity index (χ1) is 8.61. The van der Waals surface area contributed by atoms with Crippen LogP contribution in [0.3, 0.4) is 0 Å². The third-order valence-corrected chi connectivity index (χ3v) is 2.27. The number of halogens is 2. The van der Waals surface area contributed by atoms with E-state index in [1.165, 1.54) is 6.07 Å². The number of rotatable bonds is 3. The van der Waals surface area contributed by atoms with E-state index >= 15 is 0 Å². The Kier molecular flexibility index (Phi) is 3.35. The maximum Gasteiger partial charge on any atom is 0.244 e. The zero-order valence-corrected chi connectivity index (χ0v) is 9.23. The highest BCUT2D eigenvalue weighted by molar-refractivity contribution is 5.54. The van der Waals surface area contributed by atoms with Crippen LogP contribution in [0.5, 0.6) is 0 Å². The maximum absolute atomic E-state index is 13.0. The molecule has 92 valence electrons. The molecule has 0 spiro atoms. The van der Waals surface area contributed by atoms with Crippen molar-refractivity contribution >= 4 is 0 Å². The van der Waals surface area contributed by atoms with Crippen LogP contribution in [0.2, 0.25) is 0 Å². The molecule has 0 fully saturated rings. The van der Waals surface area contributed by atoms with Crippen LogP contribution in [-0.2, 0) is 0 Å². The Morgan fingerprint density at radius 3 is 2.83 bits per heavy atom. The highest BCUT2D eigenvalue weighted by atomic mass is 19.2. The van der Waals surface area contributed by atoms with Crippen LogP contribution in [-0.4, -0.2) is 10.1 Å². The van der Waals surface area contributed by atoms with Crippen molar-refractivity contribution in [3.05, 3.63) is 35.7 Å². The normalized spacial score (nSPS) is 12.1. The quantitative estimate of drug-likeness (QED) is 0.845. The smallest absolute Gasteiger partial charge is 0.244 e. The van der Waals surface area contributed by atoms with Crippen LogP contribution in [0.15, 0.2) is 22.7 Å². The second kappa shape index (κ2) is 4.94. The van der Waals surface area contributed by atoms with Crippen LogP contribution in [0.1, 0.15) is 18.4 Å². The minimum absolute atomic E-state index is 0.136. The number of aromatic nitrogens is 2. The molecule has 1 unspecified atom stereocenters. The SMILES string of the molecule is C#CCC(N)c1nc(-c2ccc(F)c(F)c2)no1. The van der Waals surface area contributed by atoms with Gasteiger partial charge in [0.05, 0.1) is 6.04 Å². The number of nitrogens with zero attached hydrogens (tertiary/aromatic N) is 2. The molecular formula is C12H9F2N3O. The van der Waals surface area contributed by atoms with Gasteiger partial charge in [-0.2, -0.15) is 4.98 Å². The summed E-state index contributed by atoms with van der Waals surface area (Å²) < 4.78 is 30.7. The summed E-state index contributed by atoms with van der Waals surface area (Å²) in [6.07, 6.45) is 5.36. The standard InChI is InChI=1S/C12H9F2N3O/c1-2-3-10(15)12-16-11(17-18-12)7-4-5-8(13)9(14)6-7/h1,4-6,10H,3,15H2. The molecule has 4 nitrogen and oxygen atoms in total. The summed E-state index contributed by atoms with van der Waals surface area (Å²) in [5.74, 6) is 0.746. The van der Waals surface area contributed by atoms with Gasteiger partial charge in [-0.25, -0.2) is 8.78 Å². The van der Waals surface area contributed by atoms with Gasteiger partial charge in [0.1, 0.15) is 0 Å². The predicted octanol–water partition coefficient (Wildman–Crippen LogP) is 2.04. The van der Waals surface area contributed by atoms with E-state index < -0.39 is 17.7 Å². The lowest BCUT2D eigenvalue weighted by Gasteiger charge is -1.99. The summed E-state index contributed by atoms with van der Waals surface area (Å²) in [6.45, 7) is 0. The van der Waals surface area contributed by atoms with Crippen LogP contribution in [0, 0.1) is 24.0 Å². The number of hydrogen-bond acceptors (Lipinski definition) is 4. The van der Waals surface area contributed by atoms with Crippen molar-refractivity contribution < 1.29 is 13.3 Å². The summed E-state index contributed by atoms with van der Waals surface area (Å²) in [7, 11) is 0. The molecule has 0 aliphatic carbocycles. The first-order valence-corrected chi connectivity index (χ1v) is 5.10. The largest absolute Gasteiger partial charge is 0.337 e. The summed E-state index contributed by atoms with van der Waals surface area (Å²) in [5, 5.41) is 3.64. The van der Waals surface area contributed by atoms with Crippen LogP contribution < -0.4 is 5.73 Å². The van der Waals surface area contributed by atoms with Crippen LogP contribution >= 0.6 is 0 Å². The average molecular weight is 249 g/mol. The van der Waals surface area contributed by atoms with Crippen molar-refractivity contribution in [1.29, 1.82) is 0 Å². The molecule has 1 atom stereocenters. The molecule has 0 aliphatic heterocycles.